The number of amides is 1. The van der Waals surface area contributed by atoms with Crippen molar-refractivity contribution in [3.05, 3.63) is 24.3 Å². The van der Waals surface area contributed by atoms with Gasteiger partial charge in [-0.1, -0.05) is 6.07 Å². The van der Waals surface area contributed by atoms with Crippen LogP contribution in [0, 0.1) is 0 Å². The molecular formula is C13H19NO3. The maximum absolute atomic E-state index is 11.8. The van der Waals surface area contributed by atoms with Crippen LogP contribution in [-0.4, -0.2) is 31.3 Å². The second-order valence-corrected chi connectivity index (χ2v) is 3.77. The fourth-order valence-corrected chi connectivity index (χ4v) is 1.48. The zero-order valence-electron chi connectivity index (χ0n) is 10.3. The lowest BCUT2D eigenvalue weighted by Gasteiger charge is -2.17. The van der Waals surface area contributed by atoms with Crippen LogP contribution in [0.1, 0.15) is 19.8 Å². The fourth-order valence-electron chi connectivity index (χ4n) is 1.48. The van der Waals surface area contributed by atoms with Crippen LogP contribution < -0.4 is 4.90 Å². The number of rotatable bonds is 6. The molecule has 1 aromatic carbocycles. The molecule has 0 saturated carbocycles. The number of anilines is 1. The van der Waals surface area contributed by atoms with Crippen LogP contribution in [0.2, 0.25) is 0 Å². The molecular weight excluding hydrogens is 218 g/mol. The van der Waals surface area contributed by atoms with E-state index in [1.807, 2.05) is 6.92 Å². The van der Waals surface area contributed by atoms with Gasteiger partial charge in [-0.25, -0.2) is 0 Å². The number of hydrogen-bond acceptors (Lipinski definition) is 3. The zero-order valence-corrected chi connectivity index (χ0v) is 10.3. The second-order valence-electron chi connectivity index (χ2n) is 3.77. The third-order valence-electron chi connectivity index (χ3n) is 2.47. The second kappa shape index (κ2) is 6.91. The summed E-state index contributed by atoms with van der Waals surface area (Å²) >= 11 is 0. The Hall–Kier alpha value is -1.55. The molecule has 94 valence electrons. The minimum atomic E-state index is 0.0234. The molecule has 0 radical (unpaired) electrons. The van der Waals surface area contributed by atoms with Crippen molar-refractivity contribution in [2.24, 2.45) is 0 Å². The molecule has 0 spiro atoms. The molecule has 1 N–H and O–H groups in total. The fraction of sp³-hybridized carbons (Fsp3) is 0.462. The largest absolute Gasteiger partial charge is 0.508 e. The molecule has 0 bridgehead atoms. The Morgan fingerprint density at radius 2 is 2.24 bits per heavy atom. The minimum absolute atomic E-state index is 0.0234. The Bertz CT molecular complexity index is 365. The average Bonchev–Trinajstić information content (AvgIpc) is 2.33. The number of phenolic OH excluding ortho intramolecular Hbond substituents is 1. The monoisotopic (exact) mass is 237 g/mol. The molecule has 4 nitrogen and oxygen atoms in total. The van der Waals surface area contributed by atoms with Crippen molar-refractivity contribution in [2.75, 3.05) is 25.2 Å². The number of carbonyl (C=O) groups excluding carboxylic acids is 1. The first-order valence-corrected chi connectivity index (χ1v) is 5.78. The van der Waals surface area contributed by atoms with Crippen molar-refractivity contribution in [2.45, 2.75) is 19.8 Å². The molecule has 0 aromatic heterocycles. The molecule has 0 atom stereocenters. The van der Waals surface area contributed by atoms with Crippen LogP contribution in [0.3, 0.4) is 0 Å². The summed E-state index contributed by atoms with van der Waals surface area (Å²) in [7, 11) is 1.71. The van der Waals surface area contributed by atoms with Gasteiger partial charge in [-0.3, -0.25) is 4.79 Å². The van der Waals surface area contributed by atoms with Gasteiger partial charge < -0.3 is 14.7 Å². The third kappa shape index (κ3) is 4.44. The number of benzene rings is 1. The van der Waals surface area contributed by atoms with Crippen LogP contribution >= 0.6 is 0 Å². The van der Waals surface area contributed by atoms with Gasteiger partial charge in [-0.15, -0.1) is 0 Å². The minimum Gasteiger partial charge on any atom is -0.508 e. The Kier molecular flexibility index (Phi) is 5.49. The Morgan fingerprint density at radius 1 is 1.47 bits per heavy atom. The highest BCUT2D eigenvalue weighted by molar-refractivity contribution is 5.92. The maximum atomic E-state index is 11.8. The number of aromatic hydroxyl groups is 1. The van der Waals surface area contributed by atoms with Crippen molar-refractivity contribution in [3.8, 4) is 5.75 Å². The van der Waals surface area contributed by atoms with Crippen molar-refractivity contribution in [3.63, 3.8) is 0 Å². The summed E-state index contributed by atoms with van der Waals surface area (Å²) < 4.78 is 5.18. The van der Waals surface area contributed by atoms with E-state index in [9.17, 15) is 9.90 Å². The van der Waals surface area contributed by atoms with Gasteiger partial charge in [-0.2, -0.15) is 0 Å². The molecule has 0 heterocycles. The first-order valence-electron chi connectivity index (χ1n) is 5.78. The highest BCUT2D eigenvalue weighted by Gasteiger charge is 2.10. The summed E-state index contributed by atoms with van der Waals surface area (Å²) in [6.45, 7) is 3.22. The van der Waals surface area contributed by atoms with E-state index < -0.39 is 0 Å². The van der Waals surface area contributed by atoms with Gasteiger partial charge in [0.1, 0.15) is 5.75 Å². The lowest BCUT2D eigenvalue weighted by molar-refractivity contribution is -0.118. The standard InChI is InChI=1S/C13H19NO3/c1-3-17-9-5-8-13(16)14(2)11-6-4-7-12(15)10-11/h4,6-7,10,15H,3,5,8-9H2,1-2H3. The van der Waals surface area contributed by atoms with Gasteiger partial charge in [0.05, 0.1) is 0 Å². The van der Waals surface area contributed by atoms with Crippen LogP contribution in [-0.2, 0) is 9.53 Å². The highest BCUT2D eigenvalue weighted by Crippen LogP contribution is 2.19. The van der Waals surface area contributed by atoms with Gasteiger partial charge in [0.15, 0.2) is 0 Å². The van der Waals surface area contributed by atoms with Gasteiger partial charge in [0.2, 0.25) is 5.91 Å². The molecule has 4 heteroatoms. The van der Waals surface area contributed by atoms with Crippen LogP contribution in [0.5, 0.6) is 5.75 Å². The molecule has 0 aliphatic rings. The Morgan fingerprint density at radius 3 is 2.88 bits per heavy atom. The number of ether oxygens (including phenoxy) is 1. The van der Waals surface area contributed by atoms with E-state index >= 15 is 0 Å². The molecule has 0 aliphatic heterocycles. The Balaban J connectivity index is 2.46. The molecule has 1 aromatic rings. The Labute approximate surface area is 102 Å². The van der Waals surface area contributed by atoms with Gasteiger partial charge >= 0.3 is 0 Å². The molecule has 0 unspecified atom stereocenters. The molecule has 0 fully saturated rings. The van der Waals surface area contributed by atoms with Gasteiger partial charge in [0.25, 0.3) is 0 Å². The summed E-state index contributed by atoms with van der Waals surface area (Å²) in [6.07, 6.45) is 1.17. The van der Waals surface area contributed by atoms with Crippen molar-refractivity contribution in [1.29, 1.82) is 0 Å². The van der Waals surface area contributed by atoms with Crippen LogP contribution in [0.4, 0.5) is 5.69 Å². The van der Waals surface area contributed by atoms with E-state index in [0.29, 0.717) is 25.3 Å². The molecule has 1 amide bonds. The lowest BCUT2D eigenvalue weighted by Crippen LogP contribution is -2.26. The molecule has 0 aliphatic carbocycles. The molecule has 1 rings (SSSR count). The predicted molar refractivity (Wildman–Crippen MR) is 67.2 cm³/mol. The summed E-state index contributed by atoms with van der Waals surface area (Å²) in [6, 6.07) is 6.66. The molecule has 17 heavy (non-hydrogen) atoms. The van der Waals surface area contributed by atoms with E-state index in [0.717, 1.165) is 6.42 Å². The predicted octanol–water partition coefficient (Wildman–Crippen LogP) is 2.17. The van der Waals surface area contributed by atoms with Crippen LogP contribution in [0.15, 0.2) is 24.3 Å². The number of phenols is 1. The van der Waals surface area contributed by atoms with Crippen molar-refractivity contribution >= 4 is 11.6 Å². The summed E-state index contributed by atoms with van der Waals surface area (Å²) in [4.78, 5) is 13.4. The lowest BCUT2D eigenvalue weighted by atomic mass is 10.2. The smallest absolute Gasteiger partial charge is 0.226 e. The summed E-state index contributed by atoms with van der Waals surface area (Å²) in [5, 5.41) is 9.33. The number of carbonyl (C=O) groups is 1. The average molecular weight is 237 g/mol. The van der Waals surface area contributed by atoms with E-state index in [1.54, 1.807) is 36.2 Å². The maximum Gasteiger partial charge on any atom is 0.226 e. The third-order valence-corrected chi connectivity index (χ3v) is 2.47. The van der Waals surface area contributed by atoms with E-state index in [-0.39, 0.29) is 11.7 Å². The summed E-state index contributed by atoms with van der Waals surface area (Å²) in [5.41, 5.74) is 0.700. The number of nitrogens with zero attached hydrogens (tertiary/aromatic N) is 1. The zero-order chi connectivity index (χ0) is 12.7. The molecule has 0 saturated heterocycles. The van der Waals surface area contributed by atoms with Crippen LogP contribution in [0.25, 0.3) is 0 Å². The van der Waals surface area contributed by atoms with Gasteiger partial charge in [0, 0.05) is 38.4 Å². The first-order chi connectivity index (χ1) is 8.15. The SMILES string of the molecule is CCOCCCC(=O)N(C)c1cccc(O)c1. The van der Waals surface area contributed by atoms with E-state index in [2.05, 4.69) is 0 Å². The number of hydrogen-bond donors (Lipinski definition) is 1. The topological polar surface area (TPSA) is 49.8 Å². The quantitative estimate of drug-likeness (QED) is 0.771. The van der Waals surface area contributed by atoms with Crippen molar-refractivity contribution < 1.29 is 14.6 Å². The summed E-state index contributed by atoms with van der Waals surface area (Å²) in [5.74, 6) is 0.187. The van der Waals surface area contributed by atoms with Crippen molar-refractivity contribution in [1.82, 2.24) is 0 Å². The first kappa shape index (κ1) is 13.5. The van der Waals surface area contributed by atoms with Gasteiger partial charge in [-0.05, 0) is 25.5 Å². The highest BCUT2D eigenvalue weighted by atomic mass is 16.5. The normalized spacial score (nSPS) is 10.2. The van der Waals surface area contributed by atoms with E-state index in [4.69, 9.17) is 4.74 Å². The van der Waals surface area contributed by atoms with E-state index in [1.165, 1.54) is 0 Å².